The maximum absolute atomic E-state index is 8.63. The summed E-state index contributed by atoms with van der Waals surface area (Å²) in [6.07, 6.45) is 3.65. The van der Waals surface area contributed by atoms with E-state index in [-0.39, 0.29) is 0 Å². The SMILES string of the molecule is C=Cc1ccc(C=C)cc1.Oc1ccccc1. The van der Waals surface area contributed by atoms with Crippen molar-refractivity contribution in [1.82, 2.24) is 0 Å². The van der Waals surface area contributed by atoms with E-state index in [1.807, 2.05) is 42.5 Å². The second-order valence-corrected chi connectivity index (χ2v) is 3.41. The van der Waals surface area contributed by atoms with Gasteiger partial charge in [-0.2, -0.15) is 0 Å². The molecular formula is C16H16O. The Kier molecular flexibility index (Phi) is 5.32. The molecule has 0 fully saturated rings. The molecule has 2 rings (SSSR count). The normalized spacial score (nSPS) is 8.71. The highest BCUT2D eigenvalue weighted by atomic mass is 16.3. The highest BCUT2D eigenvalue weighted by Crippen LogP contribution is 2.05. The van der Waals surface area contributed by atoms with E-state index in [9.17, 15) is 0 Å². The van der Waals surface area contributed by atoms with Crippen molar-refractivity contribution in [3.63, 3.8) is 0 Å². The first-order valence-electron chi connectivity index (χ1n) is 5.35. The Labute approximate surface area is 102 Å². The average molecular weight is 224 g/mol. The lowest BCUT2D eigenvalue weighted by molar-refractivity contribution is 0.475. The zero-order chi connectivity index (χ0) is 12.5. The van der Waals surface area contributed by atoms with Gasteiger partial charge in [-0.05, 0) is 23.3 Å². The lowest BCUT2D eigenvalue weighted by Crippen LogP contribution is -1.71. The van der Waals surface area contributed by atoms with Crippen LogP contribution >= 0.6 is 0 Å². The Morgan fingerprint density at radius 2 is 1.12 bits per heavy atom. The minimum absolute atomic E-state index is 0.322. The lowest BCUT2D eigenvalue weighted by Gasteiger charge is -1.92. The van der Waals surface area contributed by atoms with E-state index in [1.54, 1.807) is 24.3 Å². The number of hydrogen-bond donors (Lipinski definition) is 1. The van der Waals surface area contributed by atoms with Gasteiger partial charge in [-0.1, -0.05) is 67.8 Å². The minimum Gasteiger partial charge on any atom is -0.508 e. The monoisotopic (exact) mass is 224 g/mol. The second kappa shape index (κ2) is 7.07. The molecule has 0 radical (unpaired) electrons. The fourth-order valence-electron chi connectivity index (χ4n) is 1.20. The highest BCUT2D eigenvalue weighted by molar-refractivity contribution is 5.53. The maximum Gasteiger partial charge on any atom is 0.115 e. The first kappa shape index (κ1) is 12.8. The van der Waals surface area contributed by atoms with E-state index < -0.39 is 0 Å². The van der Waals surface area contributed by atoms with Gasteiger partial charge in [-0.25, -0.2) is 0 Å². The van der Waals surface area contributed by atoms with Crippen molar-refractivity contribution in [3.8, 4) is 5.75 Å². The van der Waals surface area contributed by atoms with E-state index in [4.69, 9.17) is 5.11 Å². The molecule has 0 saturated heterocycles. The minimum atomic E-state index is 0.322. The fraction of sp³-hybridized carbons (Fsp3) is 0. The molecule has 86 valence electrons. The molecule has 0 aromatic heterocycles. The molecule has 0 aliphatic rings. The van der Waals surface area contributed by atoms with Gasteiger partial charge in [0.05, 0.1) is 0 Å². The highest BCUT2D eigenvalue weighted by Gasteiger charge is 1.84. The molecular weight excluding hydrogens is 208 g/mol. The summed E-state index contributed by atoms with van der Waals surface area (Å²) in [5.74, 6) is 0.322. The standard InChI is InChI=1S/C10H10.C6H6O/c1-3-9-5-7-10(4-2)8-6-9;7-6-4-2-1-3-5-6/h3-8H,1-2H2;1-5,7H. The third kappa shape index (κ3) is 4.85. The van der Waals surface area contributed by atoms with Crippen LogP contribution in [0.2, 0.25) is 0 Å². The van der Waals surface area contributed by atoms with Crippen LogP contribution in [0.4, 0.5) is 0 Å². The molecule has 0 unspecified atom stereocenters. The molecule has 0 aliphatic heterocycles. The molecule has 1 nitrogen and oxygen atoms in total. The van der Waals surface area contributed by atoms with Gasteiger partial charge < -0.3 is 5.11 Å². The van der Waals surface area contributed by atoms with Gasteiger partial charge in [0, 0.05) is 0 Å². The molecule has 1 N–H and O–H groups in total. The summed E-state index contributed by atoms with van der Waals surface area (Å²) in [5, 5.41) is 8.63. The summed E-state index contributed by atoms with van der Waals surface area (Å²) in [7, 11) is 0. The molecule has 1 heteroatoms. The van der Waals surface area contributed by atoms with Gasteiger partial charge in [0.1, 0.15) is 5.75 Å². The topological polar surface area (TPSA) is 20.2 Å². The van der Waals surface area contributed by atoms with Crippen molar-refractivity contribution in [3.05, 3.63) is 78.9 Å². The zero-order valence-electron chi connectivity index (χ0n) is 9.71. The fourth-order valence-corrected chi connectivity index (χ4v) is 1.20. The van der Waals surface area contributed by atoms with Crippen molar-refractivity contribution in [2.24, 2.45) is 0 Å². The third-order valence-electron chi connectivity index (χ3n) is 2.16. The van der Waals surface area contributed by atoms with Crippen molar-refractivity contribution in [2.75, 3.05) is 0 Å². The largest absolute Gasteiger partial charge is 0.508 e. The van der Waals surface area contributed by atoms with Crippen molar-refractivity contribution in [2.45, 2.75) is 0 Å². The molecule has 0 atom stereocenters. The summed E-state index contributed by atoms with van der Waals surface area (Å²) in [4.78, 5) is 0. The smallest absolute Gasteiger partial charge is 0.115 e. The van der Waals surface area contributed by atoms with Gasteiger partial charge in [0.15, 0.2) is 0 Å². The molecule has 0 aliphatic carbocycles. The van der Waals surface area contributed by atoms with Gasteiger partial charge in [-0.15, -0.1) is 0 Å². The summed E-state index contributed by atoms with van der Waals surface area (Å²) < 4.78 is 0. The first-order valence-corrected chi connectivity index (χ1v) is 5.35. The number of aromatic hydroxyl groups is 1. The van der Waals surface area contributed by atoms with Gasteiger partial charge >= 0.3 is 0 Å². The number of phenols is 1. The number of para-hydroxylation sites is 1. The van der Waals surface area contributed by atoms with Crippen LogP contribution in [0.1, 0.15) is 11.1 Å². The van der Waals surface area contributed by atoms with Gasteiger partial charge in [0.25, 0.3) is 0 Å². The number of phenolic OH excluding ortho intramolecular Hbond substituents is 1. The Hall–Kier alpha value is -2.28. The molecule has 0 heterocycles. The van der Waals surface area contributed by atoms with Crippen LogP contribution in [-0.2, 0) is 0 Å². The van der Waals surface area contributed by atoms with Crippen molar-refractivity contribution < 1.29 is 5.11 Å². The Morgan fingerprint density at radius 1 is 0.706 bits per heavy atom. The molecule has 2 aromatic rings. The molecule has 0 saturated carbocycles. The van der Waals surface area contributed by atoms with Gasteiger partial charge in [-0.3, -0.25) is 0 Å². The van der Waals surface area contributed by atoms with Gasteiger partial charge in [0.2, 0.25) is 0 Å². The van der Waals surface area contributed by atoms with E-state index in [0.29, 0.717) is 5.75 Å². The molecule has 0 amide bonds. The Balaban J connectivity index is 0.000000181. The average Bonchev–Trinajstić information content (AvgIpc) is 2.40. The Morgan fingerprint density at radius 3 is 1.35 bits per heavy atom. The van der Waals surface area contributed by atoms with E-state index in [0.717, 1.165) is 11.1 Å². The molecule has 2 aromatic carbocycles. The second-order valence-electron chi connectivity index (χ2n) is 3.41. The zero-order valence-corrected chi connectivity index (χ0v) is 9.71. The van der Waals surface area contributed by atoms with Crippen LogP contribution in [0, 0.1) is 0 Å². The van der Waals surface area contributed by atoms with Crippen LogP contribution in [-0.4, -0.2) is 5.11 Å². The van der Waals surface area contributed by atoms with Crippen LogP contribution in [0.3, 0.4) is 0 Å². The van der Waals surface area contributed by atoms with E-state index >= 15 is 0 Å². The van der Waals surface area contributed by atoms with E-state index in [1.165, 1.54) is 0 Å². The predicted molar refractivity (Wildman–Crippen MR) is 74.7 cm³/mol. The summed E-state index contributed by atoms with van der Waals surface area (Å²) in [6.45, 7) is 7.32. The number of benzene rings is 2. The van der Waals surface area contributed by atoms with Crippen LogP contribution < -0.4 is 0 Å². The van der Waals surface area contributed by atoms with Crippen molar-refractivity contribution in [1.29, 1.82) is 0 Å². The lowest BCUT2D eigenvalue weighted by atomic mass is 10.1. The molecule has 0 spiro atoms. The maximum atomic E-state index is 8.63. The van der Waals surface area contributed by atoms with Crippen LogP contribution in [0.15, 0.2) is 67.8 Å². The number of rotatable bonds is 2. The summed E-state index contributed by atoms with van der Waals surface area (Å²) >= 11 is 0. The van der Waals surface area contributed by atoms with Crippen LogP contribution in [0.5, 0.6) is 5.75 Å². The Bertz CT molecular complexity index is 428. The first-order chi connectivity index (χ1) is 8.26. The molecule has 17 heavy (non-hydrogen) atoms. The molecule has 0 bridgehead atoms. The summed E-state index contributed by atoms with van der Waals surface area (Å²) in [6, 6.07) is 16.8. The third-order valence-corrected chi connectivity index (χ3v) is 2.16. The summed E-state index contributed by atoms with van der Waals surface area (Å²) in [5.41, 5.74) is 2.29. The predicted octanol–water partition coefficient (Wildman–Crippen LogP) is 4.36. The quantitative estimate of drug-likeness (QED) is 0.803. The van der Waals surface area contributed by atoms with E-state index in [2.05, 4.69) is 13.2 Å². The van der Waals surface area contributed by atoms with Crippen molar-refractivity contribution >= 4 is 12.2 Å². The van der Waals surface area contributed by atoms with Crippen LogP contribution in [0.25, 0.3) is 12.2 Å². The number of hydrogen-bond acceptors (Lipinski definition) is 1.